The number of nitriles is 2. The van der Waals surface area contributed by atoms with Crippen molar-refractivity contribution in [1.82, 2.24) is 10.3 Å². The molecule has 1 atom stereocenters. The summed E-state index contributed by atoms with van der Waals surface area (Å²) >= 11 is 0. The molecule has 4 rings (SSSR count). The number of aromatic nitrogens is 1. The highest BCUT2D eigenvalue weighted by Crippen LogP contribution is 2.42. The fourth-order valence-corrected chi connectivity index (χ4v) is 3.72. The second kappa shape index (κ2) is 9.67. The molecule has 0 amide bonds. The number of hydrogen-bond donors (Lipinski definition) is 4. The van der Waals surface area contributed by atoms with Crippen LogP contribution in [0.1, 0.15) is 28.3 Å². The number of nitrogens with zero attached hydrogens (tertiary/aromatic N) is 4. The quantitative estimate of drug-likeness (QED) is 0.323. The van der Waals surface area contributed by atoms with Crippen molar-refractivity contribution in [1.29, 1.82) is 10.5 Å². The molecule has 0 saturated carbocycles. The third kappa shape index (κ3) is 4.33. The van der Waals surface area contributed by atoms with Crippen LogP contribution in [0.5, 0.6) is 11.5 Å². The number of benzene rings is 2. The number of nitrogen functional groups attached to an aromatic ring is 2. The summed E-state index contributed by atoms with van der Waals surface area (Å²) in [5.74, 6) is 1.57. The second-order valence-corrected chi connectivity index (χ2v) is 7.40. The first kappa shape index (κ1) is 22.2. The molecule has 2 heterocycles. The average molecular weight is 454 g/mol. The van der Waals surface area contributed by atoms with Crippen LogP contribution in [0.3, 0.4) is 0 Å². The number of rotatable bonds is 6. The Balaban J connectivity index is 1.68. The standard InChI is InChI=1S/C24H22N8O2/c1-33-18-11-15(7-8-17(18)34-10-9-14-5-3-2-4-6-14)21-19-20(27)16(12-25)22(28)31-23(19)32-24(30-21)29-13-26/h2-8,11,21H,9-10H2,1H3,(H6,27,28,29,30,31,32). The molecule has 0 bridgehead atoms. The maximum Gasteiger partial charge on any atom is 0.211 e. The van der Waals surface area contributed by atoms with Crippen LogP contribution < -0.4 is 31.6 Å². The zero-order valence-corrected chi connectivity index (χ0v) is 18.4. The van der Waals surface area contributed by atoms with Gasteiger partial charge in [0.05, 0.1) is 19.4 Å². The summed E-state index contributed by atoms with van der Waals surface area (Å²) in [4.78, 5) is 8.82. The van der Waals surface area contributed by atoms with Crippen molar-refractivity contribution in [2.24, 2.45) is 4.99 Å². The molecule has 3 aromatic rings. The molecule has 1 aliphatic heterocycles. The molecule has 0 spiro atoms. The van der Waals surface area contributed by atoms with Gasteiger partial charge in [-0.3, -0.25) is 5.32 Å². The minimum Gasteiger partial charge on any atom is -0.493 e. The molecule has 0 radical (unpaired) electrons. The second-order valence-electron chi connectivity index (χ2n) is 7.40. The van der Waals surface area contributed by atoms with Gasteiger partial charge in [0.25, 0.3) is 0 Å². The van der Waals surface area contributed by atoms with E-state index in [1.54, 1.807) is 19.2 Å². The van der Waals surface area contributed by atoms with E-state index in [9.17, 15) is 5.26 Å². The first-order valence-electron chi connectivity index (χ1n) is 10.4. The van der Waals surface area contributed by atoms with Crippen LogP contribution >= 0.6 is 0 Å². The molecule has 34 heavy (non-hydrogen) atoms. The largest absolute Gasteiger partial charge is 0.493 e. The van der Waals surface area contributed by atoms with Gasteiger partial charge in [0.2, 0.25) is 5.96 Å². The number of ether oxygens (including phenoxy) is 2. The molecule has 10 nitrogen and oxygen atoms in total. The number of nitrogens with one attached hydrogen (secondary N) is 2. The van der Waals surface area contributed by atoms with Crippen LogP contribution in [0, 0.1) is 22.8 Å². The van der Waals surface area contributed by atoms with Gasteiger partial charge in [-0.15, -0.1) is 0 Å². The van der Waals surface area contributed by atoms with Crippen molar-refractivity contribution < 1.29 is 9.47 Å². The number of fused-ring (bicyclic) bond motifs is 1. The Labute approximate surface area is 196 Å². The third-order valence-electron chi connectivity index (χ3n) is 5.35. The van der Waals surface area contributed by atoms with E-state index >= 15 is 0 Å². The normalized spacial score (nSPS) is 14.0. The number of anilines is 3. The number of aliphatic imine (C=N–C) groups is 1. The number of guanidine groups is 1. The zero-order chi connectivity index (χ0) is 24.1. The fourth-order valence-electron chi connectivity index (χ4n) is 3.72. The summed E-state index contributed by atoms with van der Waals surface area (Å²) in [6.07, 6.45) is 2.58. The Bertz CT molecular complexity index is 1330. The summed E-state index contributed by atoms with van der Waals surface area (Å²) in [7, 11) is 1.55. The number of methoxy groups -OCH3 is 1. The highest BCUT2D eigenvalue weighted by atomic mass is 16.5. The van der Waals surface area contributed by atoms with Crippen LogP contribution in [0.25, 0.3) is 0 Å². The number of nitrogens with two attached hydrogens (primary N) is 2. The van der Waals surface area contributed by atoms with E-state index in [4.69, 9.17) is 26.2 Å². The van der Waals surface area contributed by atoms with Crippen LogP contribution in [0.15, 0.2) is 53.5 Å². The van der Waals surface area contributed by atoms with Gasteiger partial charge in [-0.05, 0) is 23.3 Å². The summed E-state index contributed by atoms with van der Waals surface area (Å²) in [5.41, 5.74) is 14.8. The van der Waals surface area contributed by atoms with Gasteiger partial charge < -0.3 is 26.3 Å². The molecule has 1 unspecified atom stereocenters. The minimum atomic E-state index is -0.667. The smallest absolute Gasteiger partial charge is 0.211 e. The lowest BCUT2D eigenvalue weighted by molar-refractivity contribution is 0.297. The van der Waals surface area contributed by atoms with Crippen LogP contribution in [-0.4, -0.2) is 24.7 Å². The number of pyridine rings is 1. The van der Waals surface area contributed by atoms with Crippen molar-refractivity contribution in [2.75, 3.05) is 30.5 Å². The van der Waals surface area contributed by atoms with Gasteiger partial charge in [0, 0.05) is 12.0 Å². The summed E-state index contributed by atoms with van der Waals surface area (Å²) < 4.78 is 11.5. The molecule has 1 aromatic heterocycles. The lowest BCUT2D eigenvalue weighted by atomic mass is 9.95. The molecular formula is C24H22N8O2. The molecule has 10 heteroatoms. The first-order valence-corrected chi connectivity index (χ1v) is 10.4. The zero-order valence-electron chi connectivity index (χ0n) is 18.4. The first-order chi connectivity index (χ1) is 16.5. The lowest BCUT2D eigenvalue weighted by Crippen LogP contribution is -2.32. The Hall–Kier alpha value is -4.96. The van der Waals surface area contributed by atoms with Crippen LogP contribution in [0.4, 0.5) is 17.3 Å². The van der Waals surface area contributed by atoms with Crippen LogP contribution in [-0.2, 0) is 6.42 Å². The van der Waals surface area contributed by atoms with E-state index in [1.807, 2.05) is 48.7 Å². The van der Waals surface area contributed by atoms with Gasteiger partial charge in [0.15, 0.2) is 17.7 Å². The van der Waals surface area contributed by atoms with Gasteiger partial charge in [-0.2, -0.15) is 10.5 Å². The van der Waals surface area contributed by atoms with Gasteiger partial charge in [0.1, 0.15) is 29.3 Å². The Morgan fingerprint density at radius 2 is 1.91 bits per heavy atom. The molecular weight excluding hydrogens is 432 g/mol. The molecule has 0 aliphatic carbocycles. The van der Waals surface area contributed by atoms with E-state index in [0.717, 1.165) is 6.42 Å². The minimum absolute atomic E-state index is 0.0112. The van der Waals surface area contributed by atoms with E-state index in [1.165, 1.54) is 5.56 Å². The third-order valence-corrected chi connectivity index (χ3v) is 5.35. The van der Waals surface area contributed by atoms with Gasteiger partial charge >= 0.3 is 0 Å². The maximum atomic E-state index is 9.48. The topological polar surface area (TPSA) is 167 Å². The van der Waals surface area contributed by atoms with Crippen molar-refractivity contribution in [3.05, 3.63) is 70.8 Å². The van der Waals surface area contributed by atoms with E-state index in [0.29, 0.717) is 35.1 Å². The van der Waals surface area contributed by atoms with Crippen molar-refractivity contribution >= 4 is 23.3 Å². The average Bonchev–Trinajstić information content (AvgIpc) is 2.84. The van der Waals surface area contributed by atoms with Crippen LogP contribution in [0.2, 0.25) is 0 Å². The Morgan fingerprint density at radius 3 is 2.62 bits per heavy atom. The lowest BCUT2D eigenvalue weighted by Gasteiger charge is -2.26. The van der Waals surface area contributed by atoms with Gasteiger partial charge in [-0.25, -0.2) is 9.98 Å². The Morgan fingerprint density at radius 1 is 1.12 bits per heavy atom. The summed E-state index contributed by atoms with van der Waals surface area (Å²) in [5, 5.41) is 23.9. The molecule has 170 valence electrons. The van der Waals surface area contributed by atoms with E-state index in [-0.39, 0.29) is 23.0 Å². The predicted octanol–water partition coefficient (Wildman–Crippen LogP) is 2.69. The Kier molecular flexibility index (Phi) is 6.33. The van der Waals surface area contributed by atoms with Crippen molar-refractivity contribution in [3.8, 4) is 23.8 Å². The molecule has 0 fully saturated rings. The monoisotopic (exact) mass is 454 g/mol. The molecule has 6 N–H and O–H groups in total. The highest BCUT2D eigenvalue weighted by molar-refractivity contribution is 5.98. The molecule has 1 aliphatic rings. The van der Waals surface area contributed by atoms with Gasteiger partial charge in [-0.1, -0.05) is 36.4 Å². The van der Waals surface area contributed by atoms with Crippen molar-refractivity contribution in [2.45, 2.75) is 12.5 Å². The fraction of sp³-hybridized carbons (Fsp3) is 0.167. The molecule has 0 saturated heterocycles. The summed E-state index contributed by atoms with van der Waals surface area (Å²) in [6.45, 7) is 0.478. The maximum absolute atomic E-state index is 9.48. The van der Waals surface area contributed by atoms with E-state index < -0.39 is 6.04 Å². The van der Waals surface area contributed by atoms with Crippen molar-refractivity contribution in [3.63, 3.8) is 0 Å². The molecule has 2 aromatic carbocycles. The summed E-state index contributed by atoms with van der Waals surface area (Å²) in [6, 6.07) is 16.8. The highest BCUT2D eigenvalue weighted by Gasteiger charge is 2.30. The number of hydrogen-bond acceptors (Lipinski definition) is 10. The van der Waals surface area contributed by atoms with E-state index in [2.05, 4.69) is 20.6 Å². The SMILES string of the molecule is COc1cc(C2N=C(NC#N)Nc3nc(N)c(C#N)c(N)c32)ccc1OCCc1ccccc1. The predicted molar refractivity (Wildman–Crippen MR) is 128 cm³/mol.